The molecule has 0 fully saturated rings. The Morgan fingerprint density at radius 1 is 1.19 bits per heavy atom. The first-order valence-electron chi connectivity index (χ1n) is 8.44. The molecule has 0 unspecified atom stereocenters. The van der Waals surface area contributed by atoms with Gasteiger partial charge in [0.05, 0.1) is 11.7 Å². The van der Waals surface area contributed by atoms with Crippen molar-refractivity contribution < 1.29 is 9.90 Å². The molecule has 2 heterocycles. The number of carbonyl (C=O) groups excluding carboxylic acids is 1. The van der Waals surface area contributed by atoms with Crippen molar-refractivity contribution in [1.82, 2.24) is 14.5 Å². The Labute approximate surface area is 158 Å². The molecule has 0 aliphatic carbocycles. The number of rotatable bonds is 4. The highest BCUT2D eigenvalue weighted by atomic mass is 32.2. The van der Waals surface area contributed by atoms with Crippen molar-refractivity contribution >= 4 is 39.7 Å². The summed E-state index contributed by atoms with van der Waals surface area (Å²) < 4.78 is 1.47. The van der Waals surface area contributed by atoms with Crippen LogP contribution in [0.3, 0.4) is 0 Å². The van der Waals surface area contributed by atoms with Gasteiger partial charge in [0.15, 0.2) is 5.16 Å². The summed E-state index contributed by atoms with van der Waals surface area (Å²) in [4.78, 5) is 32.4. The van der Waals surface area contributed by atoms with Crippen LogP contribution in [0.2, 0.25) is 0 Å². The van der Waals surface area contributed by atoms with Crippen LogP contribution in [0, 0.1) is 6.92 Å². The van der Waals surface area contributed by atoms with E-state index in [2.05, 4.69) is 9.97 Å². The summed E-state index contributed by atoms with van der Waals surface area (Å²) >= 11 is 0.999. The van der Waals surface area contributed by atoms with Crippen LogP contribution in [0.25, 0.3) is 27.6 Å². The maximum Gasteiger partial charge on any atom is 0.283 e. The van der Waals surface area contributed by atoms with Crippen LogP contribution in [0.15, 0.2) is 58.5 Å². The molecule has 2 aromatic carbocycles. The average molecular weight is 378 g/mol. The van der Waals surface area contributed by atoms with E-state index in [4.69, 9.17) is 0 Å². The molecule has 0 saturated carbocycles. The van der Waals surface area contributed by atoms with Crippen LogP contribution in [0.4, 0.5) is 0 Å². The lowest BCUT2D eigenvalue weighted by Crippen LogP contribution is -2.32. The van der Waals surface area contributed by atoms with Crippen molar-refractivity contribution in [3.63, 3.8) is 0 Å². The number of thioether (sulfide) groups is 1. The second-order valence-electron chi connectivity index (χ2n) is 6.29. The number of aromatic nitrogens is 3. The van der Waals surface area contributed by atoms with Crippen molar-refractivity contribution in [1.29, 1.82) is 0 Å². The van der Waals surface area contributed by atoms with Crippen LogP contribution >= 0.6 is 11.8 Å². The summed E-state index contributed by atoms with van der Waals surface area (Å²) in [6, 6.07) is 15.0. The molecule has 7 heteroatoms. The van der Waals surface area contributed by atoms with Gasteiger partial charge in [-0.2, -0.15) is 0 Å². The van der Waals surface area contributed by atoms with Gasteiger partial charge in [0.25, 0.3) is 5.56 Å². The Kier molecular flexibility index (Phi) is 4.24. The van der Waals surface area contributed by atoms with Gasteiger partial charge in [-0.15, -0.1) is 0 Å². The zero-order valence-corrected chi connectivity index (χ0v) is 15.5. The fourth-order valence-corrected chi connectivity index (χ4v) is 3.90. The zero-order valence-electron chi connectivity index (χ0n) is 14.7. The molecule has 0 aliphatic rings. The standard InChI is InChI=1S/C20H17N3O3S/c1-11-7-3-6-10-15(11)23-18(24)17-16(13-8-4-5-9-14(13)21-17)22-20(23)27-12(2)19(25)26/h3-10,12,21H,1-2H3,(H,25,26)/p-1/t12-/m1/s1. The second kappa shape index (κ2) is 6.59. The maximum absolute atomic E-state index is 13.3. The fourth-order valence-electron chi connectivity index (χ4n) is 3.05. The molecule has 4 rings (SSSR count). The van der Waals surface area contributed by atoms with Crippen molar-refractivity contribution in [3.05, 3.63) is 64.4 Å². The van der Waals surface area contributed by atoms with Crippen LogP contribution < -0.4 is 10.7 Å². The summed E-state index contributed by atoms with van der Waals surface area (Å²) in [5, 5.41) is 11.6. The number of nitrogens with one attached hydrogen (secondary N) is 1. The largest absolute Gasteiger partial charge is 0.549 e. The van der Waals surface area contributed by atoms with E-state index in [1.165, 1.54) is 11.5 Å². The summed E-state index contributed by atoms with van der Waals surface area (Å²) in [6.07, 6.45) is 0. The predicted octanol–water partition coefficient (Wildman–Crippen LogP) is 2.41. The smallest absolute Gasteiger partial charge is 0.283 e. The number of carboxylic acid groups (broad SMARTS) is 1. The third kappa shape index (κ3) is 2.90. The van der Waals surface area contributed by atoms with Crippen LogP contribution in [0.1, 0.15) is 12.5 Å². The monoisotopic (exact) mass is 378 g/mol. The topological polar surface area (TPSA) is 90.8 Å². The normalized spacial score (nSPS) is 12.5. The van der Waals surface area contributed by atoms with E-state index in [1.54, 1.807) is 0 Å². The number of carboxylic acids is 1. The van der Waals surface area contributed by atoms with Gasteiger partial charge in [-0.1, -0.05) is 48.2 Å². The minimum Gasteiger partial charge on any atom is -0.549 e. The lowest BCUT2D eigenvalue weighted by atomic mass is 10.2. The van der Waals surface area contributed by atoms with E-state index in [0.29, 0.717) is 21.9 Å². The molecular formula is C20H16N3O3S-. The summed E-state index contributed by atoms with van der Waals surface area (Å²) in [5.74, 6) is -1.20. The van der Waals surface area contributed by atoms with Crippen molar-refractivity contribution in [2.45, 2.75) is 24.3 Å². The van der Waals surface area contributed by atoms with Gasteiger partial charge in [0, 0.05) is 16.2 Å². The molecule has 1 N–H and O–H groups in total. The van der Waals surface area contributed by atoms with E-state index in [1.807, 2.05) is 55.5 Å². The third-order valence-electron chi connectivity index (χ3n) is 4.46. The first kappa shape index (κ1) is 17.4. The molecule has 0 bridgehead atoms. The number of aliphatic carboxylic acids is 1. The quantitative estimate of drug-likeness (QED) is 0.435. The van der Waals surface area contributed by atoms with Crippen LogP contribution in [-0.2, 0) is 4.79 Å². The summed E-state index contributed by atoms with van der Waals surface area (Å²) in [5.41, 5.74) is 3.03. The number of aromatic amines is 1. The van der Waals surface area contributed by atoms with E-state index in [-0.39, 0.29) is 5.56 Å². The molecule has 0 spiro atoms. The van der Waals surface area contributed by atoms with Gasteiger partial charge < -0.3 is 14.9 Å². The number of hydrogen-bond acceptors (Lipinski definition) is 5. The van der Waals surface area contributed by atoms with E-state index in [9.17, 15) is 14.7 Å². The Bertz CT molecular complexity index is 1240. The van der Waals surface area contributed by atoms with Crippen LogP contribution in [0.5, 0.6) is 0 Å². The third-order valence-corrected chi connectivity index (χ3v) is 5.50. The number of nitrogens with zero attached hydrogens (tertiary/aromatic N) is 2. The predicted molar refractivity (Wildman–Crippen MR) is 104 cm³/mol. The van der Waals surface area contributed by atoms with Crippen molar-refractivity contribution in [3.8, 4) is 5.69 Å². The number of fused-ring (bicyclic) bond motifs is 3. The van der Waals surface area contributed by atoms with Gasteiger partial charge >= 0.3 is 0 Å². The summed E-state index contributed by atoms with van der Waals surface area (Å²) in [6.45, 7) is 3.42. The number of benzene rings is 2. The van der Waals surface area contributed by atoms with Gasteiger partial charge in [-0.05, 0) is 31.5 Å². The maximum atomic E-state index is 13.3. The first-order chi connectivity index (χ1) is 13.0. The molecule has 0 aliphatic heterocycles. The van der Waals surface area contributed by atoms with Gasteiger partial charge in [0.1, 0.15) is 11.0 Å². The molecule has 1 atom stereocenters. The number of hydrogen-bond donors (Lipinski definition) is 1. The van der Waals surface area contributed by atoms with Gasteiger partial charge in [0.2, 0.25) is 0 Å². The van der Waals surface area contributed by atoms with Gasteiger partial charge in [-0.25, -0.2) is 4.98 Å². The molecule has 2 aromatic heterocycles. The van der Waals surface area contributed by atoms with Crippen molar-refractivity contribution in [2.75, 3.05) is 0 Å². The number of H-pyrrole nitrogens is 1. The molecule has 6 nitrogen and oxygen atoms in total. The zero-order chi connectivity index (χ0) is 19.1. The highest BCUT2D eigenvalue weighted by Crippen LogP contribution is 2.28. The van der Waals surface area contributed by atoms with E-state index >= 15 is 0 Å². The Morgan fingerprint density at radius 2 is 1.89 bits per heavy atom. The molecule has 0 radical (unpaired) electrons. The number of carbonyl (C=O) groups is 1. The average Bonchev–Trinajstić information content (AvgIpc) is 3.02. The fraction of sp³-hybridized carbons (Fsp3) is 0.150. The molecule has 136 valence electrons. The van der Waals surface area contributed by atoms with Gasteiger partial charge in [-0.3, -0.25) is 9.36 Å². The van der Waals surface area contributed by atoms with Crippen LogP contribution in [-0.4, -0.2) is 25.8 Å². The Hall–Kier alpha value is -3.06. The second-order valence-corrected chi connectivity index (χ2v) is 7.60. The highest BCUT2D eigenvalue weighted by molar-refractivity contribution is 8.00. The lowest BCUT2D eigenvalue weighted by molar-refractivity contribution is -0.304. The molecule has 0 amide bonds. The molecular weight excluding hydrogens is 362 g/mol. The molecule has 4 aromatic rings. The Balaban J connectivity index is 2.08. The molecule has 27 heavy (non-hydrogen) atoms. The number of aryl methyl sites for hydroxylation is 1. The molecule has 0 saturated heterocycles. The van der Waals surface area contributed by atoms with E-state index in [0.717, 1.165) is 28.2 Å². The first-order valence-corrected chi connectivity index (χ1v) is 9.32. The van der Waals surface area contributed by atoms with E-state index < -0.39 is 11.2 Å². The lowest BCUT2D eigenvalue weighted by Gasteiger charge is -2.17. The minimum atomic E-state index is -1.20. The summed E-state index contributed by atoms with van der Waals surface area (Å²) in [7, 11) is 0. The highest BCUT2D eigenvalue weighted by Gasteiger charge is 2.20. The SMILES string of the molecule is Cc1ccccc1-n1c(S[C@H](C)C(=O)[O-])nc2c([nH]c3ccccc32)c1=O. The minimum absolute atomic E-state index is 0.265. The van der Waals surface area contributed by atoms with Crippen molar-refractivity contribution in [2.24, 2.45) is 0 Å². The number of para-hydroxylation sites is 2. The Morgan fingerprint density at radius 3 is 2.63 bits per heavy atom.